The molecule has 0 spiro atoms. The quantitative estimate of drug-likeness (QED) is 0.257. The van der Waals surface area contributed by atoms with Gasteiger partial charge >= 0.3 is 0 Å². The second-order valence-electron chi connectivity index (χ2n) is 7.34. The second-order valence-corrected chi connectivity index (χ2v) is 7.34. The number of rotatable bonds is 10. The van der Waals surface area contributed by atoms with Crippen LogP contribution in [0.2, 0.25) is 0 Å². The first-order valence-corrected chi connectivity index (χ1v) is 10.5. The van der Waals surface area contributed by atoms with E-state index in [9.17, 15) is 14.9 Å². The van der Waals surface area contributed by atoms with E-state index >= 15 is 0 Å². The fourth-order valence-corrected chi connectivity index (χ4v) is 3.17. The maximum atomic E-state index is 12.1. The number of nitrogens with zero attached hydrogens (tertiary/aromatic N) is 2. The van der Waals surface area contributed by atoms with Crippen molar-refractivity contribution in [2.75, 3.05) is 25.8 Å². The lowest BCUT2D eigenvalue weighted by atomic mass is 10.2. The van der Waals surface area contributed by atoms with E-state index in [4.69, 9.17) is 18.9 Å². The summed E-state index contributed by atoms with van der Waals surface area (Å²) in [7, 11) is 1.51. The number of ether oxygens (including phenoxy) is 4. The predicted octanol–water partition coefficient (Wildman–Crippen LogP) is 3.47. The first-order chi connectivity index (χ1) is 17.0. The van der Waals surface area contributed by atoms with Gasteiger partial charge in [-0.3, -0.25) is 14.9 Å². The predicted molar refractivity (Wildman–Crippen MR) is 127 cm³/mol. The van der Waals surface area contributed by atoms with Crippen LogP contribution < -0.4 is 29.7 Å². The maximum Gasteiger partial charge on any atom is 0.269 e. The van der Waals surface area contributed by atoms with Crippen LogP contribution in [0.3, 0.4) is 0 Å². The zero-order valence-electron chi connectivity index (χ0n) is 18.7. The second kappa shape index (κ2) is 10.9. The molecule has 0 radical (unpaired) electrons. The molecule has 1 aliphatic heterocycles. The third kappa shape index (κ3) is 6.16. The molecule has 0 unspecified atom stereocenters. The molecular weight excluding hydrogens is 456 g/mol. The van der Waals surface area contributed by atoms with Crippen molar-refractivity contribution in [2.45, 2.75) is 6.61 Å². The smallest absolute Gasteiger partial charge is 0.269 e. The van der Waals surface area contributed by atoms with E-state index in [0.717, 1.165) is 11.3 Å². The normalized spacial score (nSPS) is 11.8. The number of nitro benzene ring substituents is 1. The average molecular weight is 478 g/mol. The number of fused-ring (bicyclic) bond motifs is 1. The van der Waals surface area contributed by atoms with Gasteiger partial charge in [-0.05, 0) is 53.6 Å². The van der Waals surface area contributed by atoms with Gasteiger partial charge in [0, 0.05) is 23.9 Å². The van der Waals surface area contributed by atoms with Crippen LogP contribution in [0.15, 0.2) is 65.8 Å². The van der Waals surface area contributed by atoms with Crippen LogP contribution in [0.25, 0.3) is 0 Å². The monoisotopic (exact) mass is 478 g/mol. The molecule has 1 amide bonds. The van der Waals surface area contributed by atoms with Crippen LogP contribution in [0.5, 0.6) is 23.0 Å². The van der Waals surface area contributed by atoms with E-state index in [1.165, 1.54) is 25.5 Å². The summed E-state index contributed by atoms with van der Waals surface area (Å²) in [6, 6.07) is 16.6. The molecular formula is C24H22N4O7. The highest BCUT2D eigenvalue weighted by Crippen LogP contribution is 2.34. The molecule has 0 aromatic heterocycles. The van der Waals surface area contributed by atoms with Crippen molar-refractivity contribution < 1.29 is 28.7 Å². The molecule has 0 fully saturated rings. The van der Waals surface area contributed by atoms with Crippen molar-refractivity contribution in [1.82, 2.24) is 5.43 Å². The molecule has 0 aliphatic carbocycles. The number of benzene rings is 3. The van der Waals surface area contributed by atoms with Crippen molar-refractivity contribution >= 4 is 23.5 Å². The molecule has 35 heavy (non-hydrogen) atoms. The van der Waals surface area contributed by atoms with Gasteiger partial charge in [0.1, 0.15) is 6.61 Å². The van der Waals surface area contributed by atoms with E-state index in [-0.39, 0.29) is 31.5 Å². The van der Waals surface area contributed by atoms with Crippen LogP contribution in [0.1, 0.15) is 11.1 Å². The lowest BCUT2D eigenvalue weighted by Gasteiger charge is -2.11. The number of hydrogen-bond acceptors (Lipinski definition) is 9. The summed E-state index contributed by atoms with van der Waals surface area (Å²) in [5, 5.41) is 17.7. The molecule has 0 atom stereocenters. The Labute approximate surface area is 200 Å². The first kappa shape index (κ1) is 23.4. The highest BCUT2D eigenvalue weighted by Gasteiger charge is 2.13. The molecule has 0 saturated carbocycles. The largest absolute Gasteiger partial charge is 0.493 e. The first-order valence-electron chi connectivity index (χ1n) is 10.5. The van der Waals surface area contributed by atoms with Crippen LogP contribution >= 0.6 is 0 Å². The zero-order chi connectivity index (χ0) is 24.6. The van der Waals surface area contributed by atoms with E-state index in [1.54, 1.807) is 48.5 Å². The van der Waals surface area contributed by atoms with Gasteiger partial charge in [-0.2, -0.15) is 5.10 Å². The summed E-state index contributed by atoms with van der Waals surface area (Å²) in [6.45, 7) is 0.426. The third-order valence-electron chi connectivity index (χ3n) is 4.96. The zero-order valence-corrected chi connectivity index (χ0v) is 18.7. The Morgan fingerprint density at radius 1 is 1.09 bits per heavy atom. The van der Waals surface area contributed by atoms with Crippen molar-refractivity contribution in [3.8, 4) is 23.0 Å². The van der Waals surface area contributed by atoms with E-state index < -0.39 is 4.92 Å². The SMILES string of the molecule is COc1cc(/C=N\NC(=O)CNc2ccc3c(c2)OCO3)ccc1OCc1ccc([N+](=O)[O-])cc1. The molecule has 4 rings (SSSR count). The number of carbonyl (C=O) groups excluding carboxylic acids is 1. The van der Waals surface area contributed by atoms with Crippen LogP contribution in [0, 0.1) is 10.1 Å². The lowest BCUT2D eigenvalue weighted by molar-refractivity contribution is -0.384. The third-order valence-corrected chi connectivity index (χ3v) is 4.96. The van der Waals surface area contributed by atoms with Gasteiger partial charge in [-0.15, -0.1) is 0 Å². The summed E-state index contributed by atoms with van der Waals surface area (Å²) in [6.07, 6.45) is 1.49. The number of amides is 1. The number of anilines is 1. The van der Waals surface area contributed by atoms with Gasteiger partial charge in [0.05, 0.1) is 24.8 Å². The van der Waals surface area contributed by atoms with Crippen molar-refractivity contribution in [3.63, 3.8) is 0 Å². The highest BCUT2D eigenvalue weighted by atomic mass is 16.7. The van der Waals surface area contributed by atoms with Gasteiger partial charge in [0.2, 0.25) is 6.79 Å². The summed E-state index contributed by atoms with van der Waals surface area (Å²) < 4.78 is 21.7. The molecule has 1 heterocycles. The average Bonchev–Trinajstić information content (AvgIpc) is 3.35. The van der Waals surface area contributed by atoms with Crippen molar-refractivity contribution in [2.24, 2.45) is 5.10 Å². The molecule has 11 nitrogen and oxygen atoms in total. The number of methoxy groups -OCH3 is 1. The summed E-state index contributed by atoms with van der Waals surface area (Å²) in [5.41, 5.74) is 4.67. The van der Waals surface area contributed by atoms with Gasteiger partial charge < -0.3 is 24.3 Å². The number of carbonyl (C=O) groups is 1. The Hall–Kier alpha value is -4.80. The minimum absolute atomic E-state index is 0.0192. The standard InChI is InChI=1S/C24H22N4O7/c1-32-22-10-17(4-8-20(22)33-14-16-2-6-19(7-3-16)28(30)31)12-26-27-24(29)13-25-18-5-9-21-23(11-18)35-15-34-21/h2-12,25H,13-15H2,1H3,(H,27,29)/b26-12-. The molecule has 0 saturated heterocycles. The van der Waals surface area contributed by atoms with Crippen LogP contribution in [-0.2, 0) is 11.4 Å². The minimum atomic E-state index is -0.452. The molecule has 1 aliphatic rings. The van der Waals surface area contributed by atoms with Gasteiger partial charge in [0.25, 0.3) is 11.6 Å². The Morgan fingerprint density at radius 3 is 2.66 bits per heavy atom. The molecule has 3 aromatic rings. The minimum Gasteiger partial charge on any atom is -0.493 e. The Kier molecular flexibility index (Phi) is 7.26. The molecule has 180 valence electrons. The lowest BCUT2D eigenvalue weighted by Crippen LogP contribution is -2.25. The Balaban J connectivity index is 1.27. The van der Waals surface area contributed by atoms with Crippen LogP contribution in [0.4, 0.5) is 11.4 Å². The van der Waals surface area contributed by atoms with E-state index in [1.807, 2.05) is 0 Å². The summed E-state index contributed by atoms with van der Waals surface area (Å²) in [5.74, 6) is 1.95. The highest BCUT2D eigenvalue weighted by molar-refractivity contribution is 5.85. The molecule has 2 N–H and O–H groups in total. The number of nitrogens with one attached hydrogen (secondary N) is 2. The van der Waals surface area contributed by atoms with Gasteiger partial charge in [-0.25, -0.2) is 5.43 Å². The van der Waals surface area contributed by atoms with E-state index in [2.05, 4.69) is 15.8 Å². The van der Waals surface area contributed by atoms with Gasteiger partial charge in [-0.1, -0.05) is 0 Å². The molecule has 11 heteroatoms. The van der Waals surface area contributed by atoms with Crippen LogP contribution in [-0.4, -0.2) is 37.5 Å². The molecule has 3 aromatic carbocycles. The maximum absolute atomic E-state index is 12.1. The number of hydrazone groups is 1. The van der Waals surface area contributed by atoms with Crippen molar-refractivity contribution in [1.29, 1.82) is 0 Å². The van der Waals surface area contributed by atoms with Crippen molar-refractivity contribution in [3.05, 3.63) is 81.9 Å². The Morgan fingerprint density at radius 2 is 1.89 bits per heavy atom. The fourth-order valence-electron chi connectivity index (χ4n) is 3.17. The number of hydrogen-bond donors (Lipinski definition) is 2. The van der Waals surface area contributed by atoms with E-state index in [0.29, 0.717) is 28.6 Å². The number of nitro groups is 1. The topological polar surface area (TPSA) is 134 Å². The summed E-state index contributed by atoms with van der Waals surface area (Å²) >= 11 is 0. The fraction of sp³-hybridized carbons (Fsp3) is 0.167. The Bertz CT molecular complexity index is 1250. The number of non-ortho nitro benzene ring substituents is 1. The summed E-state index contributed by atoms with van der Waals surface area (Å²) in [4.78, 5) is 22.4. The molecule has 0 bridgehead atoms. The van der Waals surface area contributed by atoms with Gasteiger partial charge in [0.15, 0.2) is 23.0 Å².